The quantitative estimate of drug-likeness (QED) is 0.671. The fourth-order valence-electron chi connectivity index (χ4n) is 1.73. The second-order valence-corrected chi connectivity index (χ2v) is 3.97. The van der Waals surface area contributed by atoms with Crippen LogP contribution >= 0.6 is 0 Å². The van der Waals surface area contributed by atoms with Crippen LogP contribution in [0.3, 0.4) is 0 Å². The number of pyridine rings is 1. The van der Waals surface area contributed by atoms with Crippen LogP contribution in [0.2, 0.25) is 0 Å². The summed E-state index contributed by atoms with van der Waals surface area (Å²) in [5, 5.41) is 5.89. The number of aromatic nitrogens is 1. The molecule has 0 radical (unpaired) electrons. The summed E-state index contributed by atoms with van der Waals surface area (Å²) in [6.45, 7) is 3.19. The smallest absolute Gasteiger partial charge is 0.244 e. The van der Waals surface area contributed by atoms with Crippen LogP contribution in [0.25, 0.3) is 0 Å². The molecular weight excluding hydrogens is 220 g/mol. The summed E-state index contributed by atoms with van der Waals surface area (Å²) in [5.74, 6) is 0.305. The zero-order chi connectivity index (χ0) is 12.3. The molecule has 0 bridgehead atoms. The predicted octanol–water partition coefficient (Wildman–Crippen LogP) is -0.0208. The summed E-state index contributed by atoms with van der Waals surface area (Å²) < 4.78 is 5.41. The second-order valence-electron chi connectivity index (χ2n) is 3.97. The first-order valence-electron chi connectivity index (χ1n) is 5.54. The fourth-order valence-corrected chi connectivity index (χ4v) is 1.73. The first-order chi connectivity index (χ1) is 8.16. The lowest BCUT2D eigenvalue weighted by molar-refractivity contribution is -0.123. The van der Waals surface area contributed by atoms with E-state index in [2.05, 4.69) is 15.6 Å². The lowest BCUT2D eigenvalue weighted by atomic mass is 10.1. The number of hydrogen-bond acceptors (Lipinski definition) is 5. The molecular formula is C11H16N4O2. The summed E-state index contributed by atoms with van der Waals surface area (Å²) >= 11 is 0. The average molecular weight is 236 g/mol. The number of nitrogens with two attached hydrogens (primary N) is 1. The number of ether oxygens (including phenoxy) is 1. The van der Waals surface area contributed by atoms with Crippen LogP contribution in [0.5, 0.6) is 0 Å². The maximum Gasteiger partial charge on any atom is 0.244 e. The Hall–Kier alpha value is -1.66. The number of rotatable bonds is 2. The Morgan fingerprint density at radius 2 is 2.47 bits per heavy atom. The number of hydrogen-bond donors (Lipinski definition) is 3. The van der Waals surface area contributed by atoms with Gasteiger partial charge in [-0.2, -0.15) is 0 Å². The molecule has 0 saturated carbocycles. The van der Waals surface area contributed by atoms with Gasteiger partial charge in [0.05, 0.1) is 24.6 Å². The van der Waals surface area contributed by atoms with Gasteiger partial charge in [0.25, 0.3) is 0 Å². The second kappa shape index (κ2) is 5.11. The maximum atomic E-state index is 12.0. The van der Waals surface area contributed by atoms with Gasteiger partial charge < -0.3 is 21.1 Å². The van der Waals surface area contributed by atoms with Gasteiger partial charge in [0.1, 0.15) is 11.9 Å². The van der Waals surface area contributed by atoms with Crippen molar-refractivity contribution in [2.75, 3.05) is 24.2 Å². The molecule has 1 aliphatic heterocycles. The number of anilines is 2. The van der Waals surface area contributed by atoms with Gasteiger partial charge >= 0.3 is 0 Å². The third-order valence-electron chi connectivity index (χ3n) is 2.65. The number of nitrogens with zero attached hydrogens (tertiary/aromatic N) is 1. The SMILES string of the molecule is C[C@H]1OCCN[C@@H]1C(=O)Nc1ccc(N)nc1. The van der Waals surface area contributed by atoms with Crippen LogP contribution in [0, 0.1) is 0 Å². The largest absolute Gasteiger partial charge is 0.384 e. The Bertz CT molecular complexity index is 393. The summed E-state index contributed by atoms with van der Waals surface area (Å²) in [5.41, 5.74) is 6.09. The molecule has 17 heavy (non-hydrogen) atoms. The zero-order valence-corrected chi connectivity index (χ0v) is 9.64. The van der Waals surface area contributed by atoms with E-state index in [9.17, 15) is 4.79 Å². The van der Waals surface area contributed by atoms with E-state index >= 15 is 0 Å². The predicted molar refractivity (Wildman–Crippen MR) is 64.5 cm³/mol. The number of carbonyl (C=O) groups excluding carboxylic acids is 1. The number of nitrogens with one attached hydrogen (secondary N) is 2. The number of morpholine rings is 1. The van der Waals surface area contributed by atoms with Gasteiger partial charge in [-0.05, 0) is 19.1 Å². The molecule has 1 saturated heterocycles. The minimum Gasteiger partial charge on any atom is -0.384 e. The highest BCUT2D eigenvalue weighted by Gasteiger charge is 2.28. The van der Waals surface area contributed by atoms with Crippen LogP contribution < -0.4 is 16.4 Å². The van der Waals surface area contributed by atoms with Crippen molar-refractivity contribution in [2.45, 2.75) is 19.1 Å². The molecule has 2 heterocycles. The van der Waals surface area contributed by atoms with Crippen LogP contribution in [0.4, 0.5) is 11.5 Å². The topological polar surface area (TPSA) is 89.3 Å². The van der Waals surface area contributed by atoms with Gasteiger partial charge in [-0.15, -0.1) is 0 Å². The molecule has 4 N–H and O–H groups in total. The summed E-state index contributed by atoms with van der Waals surface area (Å²) in [7, 11) is 0. The Labute approximate surface area is 99.5 Å². The molecule has 92 valence electrons. The van der Waals surface area contributed by atoms with Crippen molar-refractivity contribution in [1.29, 1.82) is 0 Å². The van der Waals surface area contributed by atoms with E-state index in [0.717, 1.165) is 0 Å². The highest BCUT2D eigenvalue weighted by Crippen LogP contribution is 2.10. The monoisotopic (exact) mass is 236 g/mol. The maximum absolute atomic E-state index is 12.0. The molecule has 0 aliphatic carbocycles. The van der Waals surface area contributed by atoms with Crippen molar-refractivity contribution < 1.29 is 9.53 Å². The van der Waals surface area contributed by atoms with Gasteiger partial charge in [0, 0.05) is 6.54 Å². The Balaban J connectivity index is 1.98. The average Bonchev–Trinajstić information content (AvgIpc) is 2.32. The molecule has 1 aromatic heterocycles. The third kappa shape index (κ3) is 2.92. The van der Waals surface area contributed by atoms with Crippen LogP contribution in [0.1, 0.15) is 6.92 Å². The minimum absolute atomic E-state index is 0.122. The fraction of sp³-hybridized carbons (Fsp3) is 0.455. The van der Waals surface area contributed by atoms with E-state index in [4.69, 9.17) is 10.5 Å². The molecule has 0 aromatic carbocycles. The third-order valence-corrected chi connectivity index (χ3v) is 2.65. The minimum atomic E-state index is -0.332. The van der Waals surface area contributed by atoms with Crippen LogP contribution in [-0.2, 0) is 9.53 Å². The number of carbonyl (C=O) groups is 1. The first kappa shape index (κ1) is 11.8. The normalized spacial score (nSPS) is 24.3. The molecule has 6 nitrogen and oxygen atoms in total. The van der Waals surface area contributed by atoms with Gasteiger partial charge in [-0.3, -0.25) is 4.79 Å². The molecule has 6 heteroatoms. The summed E-state index contributed by atoms with van der Waals surface area (Å²) in [4.78, 5) is 15.9. The molecule has 2 rings (SSSR count). The van der Waals surface area contributed by atoms with E-state index in [1.807, 2.05) is 6.92 Å². The van der Waals surface area contributed by atoms with Crippen molar-refractivity contribution >= 4 is 17.4 Å². The van der Waals surface area contributed by atoms with Gasteiger partial charge in [0.15, 0.2) is 0 Å². The molecule has 0 unspecified atom stereocenters. The Morgan fingerprint density at radius 1 is 1.65 bits per heavy atom. The molecule has 2 atom stereocenters. The highest BCUT2D eigenvalue weighted by molar-refractivity contribution is 5.95. The zero-order valence-electron chi connectivity index (χ0n) is 9.64. The van der Waals surface area contributed by atoms with Crippen molar-refractivity contribution in [2.24, 2.45) is 0 Å². The Kier molecular flexibility index (Phi) is 3.55. The van der Waals surface area contributed by atoms with E-state index in [1.54, 1.807) is 12.1 Å². The standard InChI is InChI=1S/C11H16N4O2/c1-7-10(13-4-5-17-7)11(16)15-8-2-3-9(12)14-6-8/h2-3,6-7,10,13H,4-5H2,1H3,(H2,12,14)(H,15,16)/t7-,10+/m1/s1. The van der Waals surface area contributed by atoms with Crippen molar-refractivity contribution in [3.05, 3.63) is 18.3 Å². The van der Waals surface area contributed by atoms with Gasteiger partial charge in [-0.25, -0.2) is 4.98 Å². The molecule has 1 fully saturated rings. The van der Waals surface area contributed by atoms with E-state index in [0.29, 0.717) is 24.7 Å². The van der Waals surface area contributed by atoms with Crippen molar-refractivity contribution in [3.63, 3.8) is 0 Å². The lowest BCUT2D eigenvalue weighted by Crippen LogP contribution is -2.53. The molecule has 1 aromatic rings. The molecule has 0 spiro atoms. The first-order valence-corrected chi connectivity index (χ1v) is 5.54. The molecule has 1 amide bonds. The van der Waals surface area contributed by atoms with Gasteiger partial charge in [0.2, 0.25) is 5.91 Å². The Morgan fingerprint density at radius 3 is 3.12 bits per heavy atom. The molecule has 1 aliphatic rings. The van der Waals surface area contributed by atoms with Crippen molar-refractivity contribution in [3.8, 4) is 0 Å². The van der Waals surface area contributed by atoms with Crippen LogP contribution in [-0.4, -0.2) is 36.2 Å². The van der Waals surface area contributed by atoms with E-state index in [-0.39, 0.29) is 18.1 Å². The lowest BCUT2D eigenvalue weighted by Gasteiger charge is -2.29. The highest BCUT2D eigenvalue weighted by atomic mass is 16.5. The summed E-state index contributed by atoms with van der Waals surface area (Å²) in [6, 6.07) is 3.03. The van der Waals surface area contributed by atoms with E-state index in [1.165, 1.54) is 6.20 Å². The number of amides is 1. The van der Waals surface area contributed by atoms with Gasteiger partial charge in [-0.1, -0.05) is 0 Å². The summed E-state index contributed by atoms with van der Waals surface area (Å²) in [6.07, 6.45) is 1.40. The van der Waals surface area contributed by atoms with Crippen LogP contribution in [0.15, 0.2) is 18.3 Å². The van der Waals surface area contributed by atoms with E-state index < -0.39 is 0 Å². The van der Waals surface area contributed by atoms with Crippen molar-refractivity contribution in [1.82, 2.24) is 10.3 Å². The number of nitrogen functional groups attached to an aromatic ring is 1.